The number of fused-ring (bicyclic) bond motifs is 2. The molecule has 3 N–H and O–H groups in total. The molecule has 31 heavy (non-hydrogen) atoms. The number of ether oxygens (including phenoxy) is 2. The molecule has 2 heterocycles. The van der Waals surface area contributed by atoms with E-state index in [1.165, 1.54) is 12.7 Å². The second-order valence-electron chi connectivity index (χ2n) is 8.35. The molecule has 2 unspecified atom stereocenters. The van der Waals surface area contributed by atoms with Gasteiger partial charge in [0, 0.05) is 18.7 Å². The summed E-state index contributed by atoms with van der Waals surface area (Å²) < 4.78 is 11.0. The number of nitrogens with zero attached hydrogens (tertiary/aromatic N) is 1. The van der Waals surface area contributed by atoms with Gasteiger partial charge in [0.15, 0.2) is 0 Å². The van der Waals surface area contributed by atoms with Crippen LogP contribution in [0.2, 0.25) is 5.02 Å². The first kappa shape index (κ1) is 21.8. The molecule has 6 nitrogen and oxygen atoms in total. The van der Waals surface area contributed by atoms with E-state index in [2.05, 4.69) is 22.3 Å². The SMILES string of the molecule is CCOc1ccc(CN2C3CCCC2(NC(=O)c2cc(Cl)c(N)cc2OC)CC3)cc1. The first-order valence-electron chi connectivity index (χ1n) is 10.9. The molecular weight excluding hydrogens is 414 g/mol. The van der Waals surface area contributed by atoms with Gasteiger partial charge < -0.3 is 20.5 Å². The first-order chi connectivity index (χ1) is 15.0. The molecule has 2 aliphatic heterocycles. The van der Waals surface area contributed by atoms with Crippen LogP contribution in [-0.4, -0.2) is 36.2 Å². The Labute approximate surface area is 188 Å². The Kier molecular flexibility index (Phi) is 6.30. The van der Waals surface area contributed by atoms with E-state index in [1.54, 1.807) is 12.1 Å². The van der Waals surface area contributed by atoms with Gasteiger partial charge in [0.25, 0.3) is 5.91 Å². The molecule has 2 fully saturated rings. The maximum atomic E-state index is 13.3. The fraction of sp³-hybridized carbons (Fsp3) is 0.458. The van der Waals surface area contributed by atoms with Gasteiger partial charge in [-0.2, -0.15) is 0 Å². The molecule has 2 saturated heterocycles. The van der Waals surface area contributed by atoms with Gasteiger partial charge in [-0.25, -0.2) is 0 Å². The molecule has 2 aliphatic rings. The molecule has 2 aromatic rings. The number of nitrogen functional groups attached to an aromatic ring is 1. The number of halogens is 1. The largest absolute Gasteiger partial charge is 0.496 e. The zero-order valence-electron chi connectivity index (χ0n) is 18.1. The summed E-state index contributed by atoms with van der Waals surface area (Å²) in [6.07, 6.45) is 5.20. The molecule has 0 aromatic heterocycles. The van der Waals surface area contributed by atoms with Crippen molar-refractivity contribution in [3.63, 3.8) is 0 Å². The minimum Gasteiger partial charge on any atom is -0.496 e. The summed E-state index contributed by atoms with van der Waals surface area (Å²) in [5.41, 5.74) is 7.53. The van der Waals surface area contributed by atoms with Crippen LogP contribution in [0.5, 0.6) is 11.5 Å². The fourth-order valence-corrected chi connectivity index (χ4v) is 5.14. The number of methoxy groups -OCH3 is 1. The van der Waals surface area contributed by atoms with Crippen LogP contribution in [-0.2, 0) is 6.54 Å². The van der Waals surface area contributed by atoms with Crippen molar-refractivity contribution in [2.45, 2.75) is 57.3 Å². The average molecular weight is 444 g/mol. The van der Waals surface area contributed by atoms with Crippen LogP contribution >= 0.6 is 11.6 Å². The molecule has 0 saturated carbocycles. The van der Waals surface area contributed by atoms with E-state index in [1.807, 2.05) is 19.1 Å². The van der Waals surface area contributed by atoms with Crippen LogP contribution in [0, 0.1) is 0 Å². The lowest BCUT2D eigenvalue weighted by atomic mass is 9.95. The van der Waals surface area contributed by atoms with Crippen molar-refractivity contribution >= 4 is 23.2 Å². The van der Waals surface area contributed by atoms with Gasteiger partial charge in [-0.15, -0.1) is 0 Å². The molecule has 0 radical (unpaired) electrons. The van der Waals surface area contributed by atoms with Gasteiger partial charge in [-0.1, -0.05) is 23.7 Å². The Morgan fingerprint density at radius 3 is 2.74 bits per heavy atom. The Bertz CT molecular complexity index is 946. The zero-order chi connectivity index (χ0) is 22.0. The predicted octanol–water partition coefficient (Wildman–Crippen LogP) is 4.60. The number of nitrogens with one attached hydrogen (secondary N) is 1. The van der Waals surface area contributed by atoms with Crippen LogP contribution in [0.15, 0.2) is 36.4 Å². The highest BCUT2D eigenvalue weighted by atomic mass is 35.5. The lowest BCUT2D eigenvalue weighted by Crippen LogP contribution is -2.60. The smallest absolute Gasteiger partial charge is 0.256 e. The third-order valence-corrected chi connectivity index (χ3v) is 6.83. The number of anilines is 1. The lowest BCUT2D eigenvalue weighted by Gasteiger charge is -2.45. The molecule has 2 atom stereocenters. The Morgan fingerprint density at radius 1 is 1.26 bits per heavy atom. The van der Waals surface area contributed by atoms with Crippen molar-refractivity contribution < 1.29 is 14.3 Å². The van der Waals surface area contributed by atoms with Gasteiger partial charge >= 0.3 is 0 Å². The van der Waals surface area contributed by atoms with E-state index >= 15 is 0 Å². The number of rotatable bonds is 7. The second kappa shape index (κ2) is 8.97. The van der Waals surface area contributed by atoms with Crippen molar-refractivity contribution in [2.75, 3.05) is 19.5 Å². The van der Waals surface area contributed by atoms with Crippen LogP contribution in [0.1, 0.15) is 54.9 Å². The monoisotopic (exact) mass is 443 g/mol. The van der Waals surface area contributed by atoms with Gasteiger partial charge in [-0.3, -0.25) is 9.69 Å². The third-order valence-electron chi connectivity index (χ3n) is 6.51. The summed E-state index contributed by atoms with van der Waals surface area (Å²) >= 11 is 6.20. The molecular formula is C24H30ClN3O3. The fourth-order valence-electron chi connectivity index (χ4n) is 4.98. The summed E-state index contributed by atoms with van der Waals surface area (Å²) in [6.45, 7) is 3.42. The van der Waals surface area contributed by atoms with Gasteiger partial charge in [0.05, 0.1) is 35.7 Å². The number of nitrogens with two attached hydrogens (primary N) is 1. The third kappa shape index (κ3) is 4.32. The predicted molar refractivity (Wildman–Crippen MR) is 123 cm³/mol. The highest BCUT2D eigenvalue weighted by molar-refractivity contribution is 6.33. The summed E-state index contributed by atoms with van der Waals surface area (Å²) in [4.78, 5) is 15.8. The van der Waals surface area contributed by atoms with Gasteiger partial charge in [-0.05, 0) is 62.8 Å². The van der Waals surface area contributed by atoms with Crippen LogP contribution in [0.4, 0.5) is 5.69 Å². The molecule has 1 amide bonds. The van der Waals surface area contributed by atoms with E-state index in [-0.39, 0.29) is 11.6 Å². The molecule has 0 spiro atoms. The summed E-state index contributed by atoms with van der Waals surface area (Å²) in [5, 5.41) is 3.70. The summed E-state index contributed by atoms with van der Waals surface area (Å²) in [5.74, 6) is 1.13. The molecule has 0 aliphatic carbocycles. The molecule has 7 heteroatoms. The van der Waals surface area contributed by atoms with Gasteiger partial charge in [0.1, 0.15) is 11.5 Å². The Balaban J connectivity index is 1.57. The van der Waals surface area contributed by atoms with Gasteiger partial charge in [0.2, 0.25) is 0 Å². The molecule has 166 valence electrons. The topological polar surface area (TPSA) is 76.8 Å². The number of amides is 1. The number of carbonyl (C=O) groups is 1. The number of hydrogen-bond acceptors (Lipinski definition) is 5. The average Bonchev–Trinajstić information content (AvgIpc) is 2.94. The highest BCUT2D eigenvalue weighted by Crippen LogP contribution is 2.44. The number of piperidine rings is 1. The Morgan fingerprint density at radius 2 is 2.03 bits per heavy atom. The number of hydrogen-bond donors (Lipinski definition) is 2. The first-order valence-corrected chi connectivity index (χ1v) is 11.3. The zero-order valence-corrected chi connectivity index (χ0v) is 18.9. The van der Waals surface area contributed by atoms with Crippen molar-refractivity contribution in [1.29, 1.82) is 0 Å². The minimum atomic E-state index is -0.364. The standard InChI is InChI=1S/C24H30ClN3O3/c1-3-31-18-8-6-16(7-9-18)15-28-17-5-4-11-24(28,12-10-17)27-23(29)19-13-20(25)21(26)14-22(19)30-2/h6-9,13-14,17H,3-5,10-12,15,26H2,1-2H3,(H,27,29). The second-order valence-corrected chi connectivity index (χ2v) is 8.76. The van der Waals surface area contributed by atoms with E-state index < -0.39 is 0 Å². The minimum absolute atomic E-state index is 0.182. The molecule has 4 rings (SSSR count). The van der Waals surface area contributed by atoms with Crippen LogP contribution < -0.4 is 20.5 Å². The maximum absolute atomic E-state index is 13.3. The van der Waals surface area contributed by atoms with E-state index in [4.69, 9.17) is 26.8 Å². The maximum Gasteiger partial charge on any atom is 0.256 e. The van der Waals surface area contributed by atoms with Crippen molar-refractivity contribution in [1.82, 2.24) is 10.2 Å². The van der Waals surface area contributed by atoms with Crippen molar-refractivity contribution in [2.24, 2.45) is 0 Å². The Hall–Kier alpha value is -2.44. The molecule has 2 bridgehead atoms. The molecule has 2 aromatic carbocycles. The lowest BCUT2D eigenvalue weighted by molar-refractivity contribution is 0.0184. The summed E-state index contributed by atoms with van der Waals surface area (Å²) in [7, 11) is 1.53. The van der Waals surface area contributed by atoms with Crippen LogP contribution in [0.3, 0.4) is 0 Å². The number of carbonyl (C=O) groups excluding carboxylic acids is 1. The van der Waals surface area contributed by atoms with Crippen molar-refractivity contribution in [3.8, 4) is 11.5 Å². The van der Waals surface area contributed by atoms with Crippen LogP contribution in [0.25, 0.3) is 0 Å². The van der Waals surface area contributed by atoms with E-state index in [9.17, 15) is 4.79 Å². The van der Waals surface area contributed by atoms with E-state index in [0.29, 0.717) is 34.7 Å². The van der Waals surface area contributed by atoms with Crippen molar-refractivity contribution in [3.05, 3.63) is 52.5 Å². The highest BCUT2D eigenvalue weighted by Gasteiger charge is 2.49. The normalized spacial score (nSPS) is 22.9. The summed E-state index contributed by atoms with van der Waals surface area (Å²) in [6, 6.07) is 11.9. The number of benzene rings is 2. The van der Waals surface area contributed by atoms with E-state index in [0.717, 1.165) is 44.4 Å². The quantitative estimate of drug-likeness (QED) is 0.611.